The van der Waals surface area contributed by atoms with E-state index >= 15 is 0 Å². The lowest BCUT2D eigenvalue weighted by Crippen LogP contribution is -2.67. The van der Waals surface area contributed by atoms with E-state index in [1.54, 1.807) is 12.1 Å². The predicted molar refractivity (Wildman–Crippen MR) is 217 cm³/mol. The zero-order valence-electron chi connectivity index (χ0n) is 32.4. The normalized spacial score (nSPS) is 19.6. The van der Waals surface area contributed by atoms with Crippen LogP contribution >= 0.6 is 0 Å². The van der Waals surface area contributed by atoms with Crippen molar-refractivity contribution in [2.75, 3.05) is 88.7 Å². The average molecular weight is 791 g/mol. The van der Waals surface area contributed by atoms with Crippen molar-refractivity contribution in [3.05, 3.63) is 94.6 Å². The molecule has 0 unspecified atom stereocenters. The van der Waals surface area contributed by atoms with Crippen LogP contribution in [0.25, 0.3) is 0 Å². The number of nitrogens with one attached hydrogen (secondary N) is 1. The standard InChI is InChI=1S/C44H50N4O8Si/c49-40-12-13-41(50)48(40)19-21-54-23-25-55-24-22-53-20-14-45-42(51)31-6-9-34-37(28-31)44(56-43(34)52)35-10-7-32(46-15-4-16-46)29-38(35)57(26-2-1-3-27-57)39-30-33(8-11-36(39)44)47-17-5-18-47/h6-13,28-30H,1-5,14-27H2,(H,45,51). The monoisotopic (exact) mass is 790 g/mol. The lowest BCUT2D eigenvalue weighted by Gasteiger charge is -2.49. The van der Waals surface area contributed by atoms with Crippen LogP contribution in [-0.2, 0) is 34.1 Å². The Bertz CT molecular complexity index is 2020. The van der Waals surface area contributed by atoms with Crippen molar-refractivity contribution in [2.24, 2.45) is 0 Å². The molecule has 0 radical (unpaired) electrons. The van der Waals surface area contributed by atoms with E-state index in [0.29, 0.717) is 50.7 Å². The van der Waals surface area contributed by atoms with E-state index in [4.69, 9.17) is 18.9 Å². The van der Waals surface area contributed by atoms with Crippen molar-refractivity contribution in [1.29, 1.82) is 0 Å². The fourth-order valence-electron chi connectivity index (χ4n) is 9.49. The Hall–Kier alpha value is -4.82. The molecule has 6 aliphatic heterocycles. The van der Waals surface area contributed by atoms with Gasteiger partial charge in [0.2, 0.25) is 0 Å². The molecule has 3 saturated heterocycles. The van der Waals surface area contributed by atoms with Gasteiger partial charge in [0, 0.05) is 78.5 Å². The van der Waals surface area contributed by atoms with Gasteiger partial charge in [0.15, 0.2) is 5.60 Å². The van der Waals surface area contributed by atoms with Crippen molar-refractivity contribution in [3.8, 4) is 0 Å². The molecule has 3 aromatic carbocycles. The molecule has 3 fully saturated rings. The molecule has 0 aromatic heterocycles. The Labute approximate surface area is 334 Å². The molecule has 0 atom stereocenters. The number of carbonyl (C=O) groups excluding carboxylic acids is 4. The van der Waals surface area contributed by atoms with Crippen LogP contribution in [0.1, 0.15) is 69.5 Å². The minimum absolute atomic E-state index is 0.209. The Kier molecular flexibility index (Phi) is 10.5. The van der Waals surface area contributed by atoms with E-state index in [9.17, 15) is 19.2 Å². The van der Waals surface area contributed by atoms with Crippen LogP contribution in [0.15, 0.2) is 66.7 Å². The molecule has 0 saturated carbocycles. The largest absolute Gasteiger partial charge is 0.441 e. The van der Waals surface area contributed by atoms with Crippen LogP contribution in [0, 0.1) is 0 Å². The highest BCUT2D eigenvalue weighted by Gasteiger charge is 2.58. The van der Waals surface area contributed by atoms with Gasteiger partial charge in [-0.15, -0.1) is 0 Å². The van der Waals surface area contributed by atoms with Crippen LogP contribution in [0.2, 0.25) is 12.1 Å². The summed E-state index contributed by atoms with van der Waals surface area (Å²) in [7, 11) is -2.24. The summed E-state index contributed by atoms with van der Waals surface area (Å²) in [5.41, 5.74) is 5.24. The third kappa shape index (κ3) is 6.77. The van der Waals surface area contributed by atoms with Gasteiger partial charge in [-0.1, -0.05) is 31.4 Å². The molecular weight excluding hydrogens is 741 g/mol. The Morgan fingerprint density at radius 1 is 0.667 bits per heavy atom. The first kappa shape index (κ1) is 37.7. The number of hydrogen-bond donors (Lipinski definition) is 1. The molecule has 9 rings (SSSR count). The summed E-state index contributed by atoms with van der Waals surface area (Å²) < 4.78 is 23.4. The van der Waals surface area contributed by atoms with E-state index < -0.39 is 13.7 Å². The van der Waals surface area contributed by atoms with E-state index in [2.05, 4.69) is 51.5 Å². The van der Waals surface area contributed by atoms with Crippen LogP contribution < -0.4 is 25.5 Å². The average Bonchev–Trinajstić information content (AvgIpc) is 3.67. The van der Waals surface area contributed by atoms with Crippen molar-refractivity contribution in [3.63, 3.8) is 0 Å². The molecule has 6 aliphatic rings. The molecule has 0 aliphatic carbocycles. The second-order valence-electron chi connectivity index (χ2n) is 15.9. The van der Waals surface area contributed by atoms with E-state index in [1.165, 1.54) is 78.1 Å². The zero-order chi connectivity index (χ0) is 39.0. The van der Waals surface area contributed by atoms with Crippen molar-refractivity contribution >= 4 is 53.5 Å². The Morgan fingerprint density at radius 3 is 1.82 bits per heavy atom. The van der Waals surface area contributed by atoms with Crippen molar-refractivity contribution < 1.29 is 38.1 Å². The molecule has 3 aromatic rings. The second kappa shape index (κ2) is 15.8. The van der Waals surface area contributed by atoms with Gasteiger partial charge in [-0.3, -0.25) is 19.3 Å². The summed E-state index contributed by atoms with van der Waals surface area (Å²) in [4.78, 5) is 56.8. The molecule has 1 N–H and O–H groups in total. The summed E-state index contributed by atoms with van der Waals surface area (Å²) in [6, 6.07) is 21.5. The number of imide groups is 1. The third-order valence-electron chi connectivity index (χ3n) is 12.7. The summed E-state index contributed by atoms with van der Waals surface area (Å²) in [6.45, 7) is 6.71. The zero-order valence-corrected chi connectivity index (χ0v) is 33.4. The molecule has 3 amide bonds. The SMILES string of the molecule is O=C(NCCOCCOCCOCCN1C(=O)C=CC1=O)c1ccc2c(c1)C1(OC2=O)c2ccc(N3CCC3)cc2[Si]2(CCCCC2)c2cc(N3CCC3)ccc21. The lowest BCUT2D eigenvalue weighted by molar-refractivity contribution is -0.137. The number of esters is 1. The van der Waals surface area contributed by atoms with Crippen LogP contribution in [0.5, 0.6) is 0 Å². The second-order valence-corrected chi connectivity index (χ2v) is 20.1. The number of anilines is 2. The van der Waals surface area contributed by atoms with Crippen LogP contribution in [0.4, 0.5) is 11.4 Å². The van der Waals surface area contributed by atoms with Crippen LogP contribution in [0.3, 0.4) is 0 Å². The first-order chi connectivity index (χ1) is 27.9. The Morgan fingerprint density at radius 2 is 1.25 bits per heavy atom. The fraction of sp³-hybridized carbons (Fsp3) is 0.455. The van der Waals surface area contributed by atoms with E-state index in [-0.39, 0.29) is 36.8 Å². The summed E-state index contributed by atoms with van der Waals surface area (Å²) in [5, 5.41) is 5.78. The lowest BCUT2D eigenvalue weighted by atomic mass is 9.78. The maximum absolute atomic E-state index is 13.9. The molecule has 298 valence electrons. The molecule has 57 heavy (non-hydrogen) atoms. The summed E-state index contributed by atoms with van der Waals surface area (Å²) in [6.07, 6.45) is 8.58. The highest BCUT2D eigenvalue weighted by Crippen LogP contribution is 2.51. The topological polar surface area (TPSA) is 127 Å². The number of amides is 3. The quantitative estimate of drug-likeness (QED) is 0.106. The van der Waals surface area contributed by atoms with Gasteiger partial charge in [-0.05, 0) is 77.8 Å². The van der Waals surface area contributed by atoms with Crippen LogP contribution in [-0.4, -0.2) is 116 Å². The first-order valence-corrected chi connectivity index (χ1v) is 23.0. The first-order valence-electron chi connectivity index (χ1n) is 20.6. The molecule has 6 heterocycles. The predicted octanol–water partition coefficient (Wildman–Crippen LogP) is 3.33. The highest BCUT2D eigenvalue weighted by atomic mass is 28.3. The number of fused-ring (bicyclic) bond motifs is 8. The van der Waals surface area contributed by atoms with Gasteiger partial charge in [-0.2, -0.15) is 0 Å². The molecule has 2 spiro atoms. The van der Waals surface area contributed by atoms with Gasteiger partial charge < -0.3 is 34.1 Å². The maximum Gasteiger partial charge on any atom is 0.340 e. The van der Waals surface area contributed by atoms with Gasteiger partial charge in [0.05, 0.1) is 51.7 Å². The van der Waals surface area contributed by atoms with Crippen molar-refractivity contribution in [1.82, 2.24) is 10.2 Å². The summed E-state index contributed by atoms with van der Waals surface area (Å²) in [5.74, 6) is -1.25. The minimum Gasteiger partial charge on any atom is -0.441 e. The molecular formula is C44H50N4O8Si. The smallest absolute Gasteiger partial charge is 0.340 e. The summed E-state index contributed by atoms with van der Waals surface area (Å²) >= 11 is 0. The number of ether oxygens (including phenoxy) is 4. The highest BCUT2D eigenvalue weighted by molar-refractivity contribution is 7.03. The third-order valence-corrected chi connectivity index (χ3v) is 18.0. The molecule has 13 heteroatoms. The van der Waals surface area contributed by atoms with E-state index in [0.717, 1.165) is 47.8 Å². The Balaban J connectivity index is 0.891. The number of rotatable bonds is 15. The molecule has 0 bridgehead atoms. The number of benzene rings is 3. The fourth-order valence-corrected chi connectivity index (χ4v) is 15.2. The van der Waals surface area contributed by atoms with Gasteiger partial charge in [-0.25, -0.2) is 4.79 Å². The van der Waals surface area contributed by atoms with Gasteiger partial charge >= 0.3 is 5.97 Å². The number of nitrogens with zero attached hydrogens (tertiary/aromatic N) is 3. The van der Waals surface area contributed by atoms with E-state index in [1.807, 2.05) is 6.07 Å². The van der Waals surface area contributed by atoms with Gasteiger partial charge in [0.25, 0.3) is 17.7 Å². The number of carbonyl (C=O) groups is 4. The molecule has 12 nitrogen and oxygen atoms in total. The maximum atomic E-state index is 13.9. The number of hydrogen-bond acceptors (Lipinski definition) is 10. The minimum atomic E-state index is -2.24. The van der Waals surface area contributed by atoms with Gasteiger partial charge in [0.1, 0.15) is 8.07 Å². The van der Waals surface area contributed by atoms with Crippen molar-refractivity contribution in [2.45, 2.75) is 49.8 Å².